The Kier molecular flexibility index (Phi) is 6.69. The van der Waals surface area contributed by atoms with Crippen molar-refractivity contribution >= 4 is 29.3 Å². The molecule has 1 fully saturated rings. The number of pyridine rings is 1. The van der Waals surface area contributed by atoms with Crippen LogP contribution in [0.15, 0.2) is 67.0 Å². The first-order valence-corrected chi connectivity index (χ1v) is 10.8. The first kappa shape index (κ1) is 22.5. The average molecular weight is 465 g/mol. The zero-order valence-corrected chi connectivity index (χ0v) is 19.1. The number of nitrogens with one attached hydrogen (secondary N) is 1. The number of hydrogen-bond donors (Lipinski definition) is 1. The van der Waals surface area contributed by atoms with Gasteiger partial charge in [0.15, 0.2) is 5.11 Å². The molecule has 33 heavy (non-hydrogen) atoms. The van der Waals surface area contributed by atoms with Gasteiger partial charge in [0, 0.05) is 30.3 Å². The molecule has 2 aromatic heterocycles. The second-order valence-electron chi connectivity index (χ2n) is 7.49. The maximum Gasteiger partial charge on any atom is 0.337 e. The standard InChI is InChI=1S/C24H24N4O4S/c1-31-20(29)11-14-28-22(21(26-24(28)33)18-9-3-4-12-25-18)19-10-6-13-27(19)17-8-5-7-16(15-17)23(30)32-2/h3-10,12-13,15,21-22H,11,14H2,1-2H3,(H,26,33). The van der Waals surface area contributed by atoms with Gasteiger partial charge in [0.25, 0.3) is 0 Å². The monoisotopic (exact) mass is 464 g/mol. The van der Waals surface area contributed by atoms with Crippen molar-refractivity contribution in [2.75, 3.05) is 20.8 Å². The van der Waals surface area contributed by atoms with Crippen molar-refractivity contribution in [1.82, 2.24) is 19.8 Å². The predicted molar refractivity (Wildman–Crippen MR) is 126 cm³/mol. The van der Waals surface area contributed by atoms with Gasteiger partial charge >= 0.3 is 11.9 Å². The zero-order chi connectivity index (χ0) is 23.4. The Morgan fingerprint density at radius 3 is 2.67 bits per heavy atom. The summed E-state index contributed by atoms with van der Waals surface area (Å²) in [4.78, 5) is 30.5. The highest BCUT2D eigenvalue weighted by atomic mass is 32.1. The fraction of sp³-hybridized carbons (Fsp3) is 0.250. The first-order chi connectivity index (χ1) is 16.0. The van der Waals surface area contributed by atoms with Gasteiger partial charge in [0.05, 0.1) is 44.0 Å². The van der Waals surface area contributed by atoms with E-state index in [1.54, 1.807) is 18.3 Å². The Morgan fingerprint density at radius 1 is 1.09 bits per heavy atom. The summed E-state index contributed by atoms with van der Waals surface area (Å²) in [7, 11) is 2.73. The van der Waals surface area contributed by atoms with Crippen molar-refractivity contribution in [3.63, 3.8) is 0 Å². The molecule has 0 saturated carbocycles. The van der Waals surface area contributed by atoms with Crippen LogP contribution >= 0.6 is 12.2 Å². The van der Waals surface area contributed by atoms with E-state index >= 15 is 0 Å². The lowest BCUT2D eigenvalue weighted by Gasteiger charge is -2.28. The van der Waals surface area contributed by atoms with E-state index in [0.29, 0.717) is 17.2 Å². The normalized spacial score (nSPS) is 17.5. The minimum Gasteiger partial charge on any atom is -0.469 e. The Bertz CT molecular complexity index is 1160. The quantitative estimate of drug-likeness (QED) is 0.422. The van der Waals surface area contributed by atoms with Gasteiger partial charge < -0.3 is 24.3 Å². The molecule has 2 atom stereocenters. The molecule has 0 bridgehead atoms. The summed E-state index contributed by atoms with van der Waals surface area (Å²) >= 11 is 5.65. The molecule has 1 aliphatic heterocycles. The van der Waals surface area contributed by atoms with Crippen LogP contribution < -0.4 is 5.32 Å². The second kappa shape index (κ2) is 9.83. The zero-order valence-electron chi connectivity index (χ0n) is 18.3. The van der Waals surface area contributed by atoms with E-state index in [4.69, 9.17) is 21.7 Å². The number of rotatable bonds is 7. The Labute approximate surface area is 197 Å². The Hall–Kier alpha value is -3.72. The molecule has 4 rings (SSSR count). The van der Waals surface area contributed by atoms with Crippen LogP contribution in [0, 0.1) is 0 Å². The third kappa shape index (κ3) is 4.58. The number of benzene rings is 1. The number of aromatic nitrogens is 2. The van der Waals surface area contributed by atoms with E-state index in [9.17, 15) is 9.59 Å². The third-order valence-electron chi connectivity index (χ3n) is 5.61. The number of hydrogen-bond acceptors (Lipinski definition) is 6. The summed E-state index contributed by atoms with van der Waals surface area (Å²) in [5.74, 6) is -0.709. The van der Waals surface area contributed by atoms with Crippen LogP contribution in [0.2, 0.25) is 0 Å². The molecule has 2 unspecified atom stereocenters. The number of nitrogens with zero attached hydrogens (tertiary/aromatic N) is 3. The lowest BCUT2D eigenvalue weighted by atomic mass is 10.0. The van der Waals surface area contributed by atoms with E-state index in [0.717, 1.165) is 17.1 Å². The summed E-state index contributed by atoms with van der Waals surface area (Å²) in [6, 6.07) is 16.4. The minimum atomic E-state index is -0.402. The van der Waals surface area contributed by atoms with Gasteiger partial charge in [-0.15, -0.1) is 0 Å². The fourth-order valence-electron chi connectivity index (χ4n) is 4.05. The lowest BCUT2D eigenvalue weighted by molar-refractivity contribution is -0.140. The van der Waals surface area contributed by atoms with Crippen molar-refractivity contribution in [2.45, 2.75) is 18.5 Å². The summed E-state index contributed by atoms with van der Waals surface area (Å²) in [5.41, 5.74) is 3.04. The highest BCUT2D eigenvalue weighted by molar-refractivity contribution is 7.80. The van der Waals surface area contributed by atoms with E-state index in [1.807, 2.05) is 58.1 Å². The molecular weight excluding hydrogens is 440 g/mol. The third-order valence-corrected chi connectivity index (χ3v) is 5.96. The molecule has 9 heteroatoms. The van der Waals surface area contributed by atoms with Crippen LogP contribution in [0.5, 0.6) is 0 Å². The highest BCUT2D eigenvalue weighted by Gasteiger charge is 2.41. The molecule has 1 N–H and O–H groups in total. The Morgan fingerprint density at radius 2 is 1.94 bits per heavy atom. The number of esters is 2. The number of thiocarbonyl (C=S) groups is 1. The molecular formula is C24H24N4O4S. The van der Waals surface area contributed by atoms with Crippen LogP contribution in [-0.2, 0) is 14.3 Å². The molecule has 0 amide bonds. The predicted octanol–water partition coefficient (Wildman–Crippen LogP) is 3.19. The molecule has 3 heterocycles. The molecule has 170 valence electrons. The van der Waals surface area contributed by atoms with Crippen LogP contribution in [0.25, 0.3) is 5.69 Å². The number of carbonyl (C=O) groups is 2. The van der Waals surface area contributed by atoms with Gasteiger partial charge in [0.2, 0.25) is 0 Å². The van der Waals surface area contributed by atoms with E-state index in [1.165, 1.54) is 14.2 Å². The van der Waals surface area contributed by atoms with E-state index in [2.05, 4.69) is 10.3 Å². The molecule has 8 nitrogen and oxygen atoms in total. The van der Waals surface area contributed by atoms with Crippen molar-refractivity contribution < 1.29 is 19.1 Å². The molecule has 0 aliphatic carbocycles. The number of carbonyl (C=O) groups excluding carboxylic acids is 2. The van der Waals surface area contributed by atoms with Crippen LogP contribution in [0.1, 0.15) is 40.3 Å². The largest absolute Gasteiger partial charge is 0.469 e. The summed E-state index contributed by atoms with van der Waals surface area (Å²) < 4.78 is 11.7. The van der Waals surface area contributed by atoms with Crippen molar-refractivity contribution in [2.24, 2.45) is 0 Å². The van der Waals surface area contributed by atoms with E-state index < -0.39 is 5.97 Å². The van der Waals surface area contributed by atoms with Gasteiger partial charge in [-0.25, -0.2) is 4.79 Å². The van der Waals surface area contributed by atoms with Crippen molar-refractivity contribution in [3.05, 3.63) is 83.9 Å². The maximum absolute atomic E-state index is 12.1. The molecule has 3 aromatic rings. The smallest absolute Gasteiger partial charge is 0.337 e. The molecule has 1 aromatic carbocycles. The molecule has 0 radical (unpaired) electrons. The number of methoxy groups -OCH3 is 2. The molecule has 1 saturated heterocycles. The maximum atomic E-state index is 12.1. The van der Waals surface area contributed by atoms with Gasteiger partial charge in [0.1, 0.15) is 0 Å². The van der Waals surface area contributed by atoms with Gasteiger partial charge in [-0.1, -0.05) is 12.1 Å². The first-order valence-electron chi connectivity index (χ1n) is 10.4. The minimum absolute atomic E-state index is 0.197. The molecule has 0 spiro atoms. The van der Waals surface area contributed by atoms with Gasteiger partial charge in [-0.05, 0) is 54.7 Å². The van der Waals surface area contributed by atoms with Gasteiger partial charge in [-0.2, -0.15) is 0 Å². The van der Waals surface area contributed by atoms with Crippen LogP contribution in [0.3, 0.4) is 0 Å². The van der Waals surface area contributed by atoms with Crippen molar-refractivity contribution in [3.8, 4) is 5.69 Å². The lowest BCUT2D eigenvalue weighted by Crippen LogP contribution is -2.32. The fourth-order valence-corrected chi connectivity index (χ4v) is 4.38. The van der Waals surface area contributed by atoms with E-state index in [-0.39, 0.29) is 24.5 Å². The highest BCUT2D eigenvalue weighted by Crippen LogP contribution is 2.39. The molecule has 1 aliphatic rings. The average Bonchev–Trinajstić information content (AvgIpc) is 3.46. The second-order valence-corrected chi connectivity index (χ2v) is 7.88. The number of ether oxygens (including phenoxy) is 2. The van der Waals surface area contributed by atoms with Crippen LogP contribution in [0.4, 0.5) is 0 Å². The summed E-state index contributed by atoms with van der Waals surface area (Å²) in [6.07, 6.45) is 3.87. The SMILES string of the molecule is COC(=O)CCN1C(=S)NC(c2ccccn2)C1c1cccn1-c1cccc(C(=O)OC)c1. The van der Waals surface area contributed by atoms with Crippen LogP contribution in [-0.4, -0.2) is 52.3 Å². The van der Waals surface area contributed by atoms with Gasteiger partial charge in [-0.3, -0.25) is 9.78 Å². The Balaban J connectivity index is 1.77. The van der Waals surface area contributed by atoms with Crippen molar-refractivity contribution in [1.29, 1.82) is 0 Å². The summed E-state index contributed by atoms with van der Waals surface area (Å²) in [5, 5.41) is 3.91. The topological polar surface area (TPSA) is 85.7 Å². The summed E-state index contributed by atoms with van der Waals surface area (Å²) in [6.45, 7) is 0.389.